The summed E-state index contributed by atoms with van der Waals surface area (Å²) in [6.45, 7) is 2.02. The zero-order valence-electron chi connectivity index (χ0n) is 10.7. The van der Waals surface area contributed by atoms with Gasteiger partial charge in [0.05, 0.1) is 5.75 Å². The lowest BCUT2D eigenvalue weighted by atomic mass is 10.1. The number of aryl methyl sites for hydroxylation is 1. The highest BCUT2D eigenvalue weighted by molar-refractivity contribution is 8.00. The number of ketones is 1. The molecular weight excluding hydrogens is 259 g/mol. The topological polar surface area (TPSA) is 17.1 Å². The predicted octanol–water partition coefficient (Wildman–Crippen LogP) is 4.04. The molecule has 0 fully saturated rings. The molecule has 0 saturated heterocycles. The molecule has 0 radical (unpaired) electrons. The van der Waals surface area contributed by atoms with Gasteiger partial charge < -0.3 is 0 Å². The van der Waals surface area contributed by atoms with Crippen molar-refractivity contribution < 1.29 is 9.18 Å². The van der Waals surface area contributed by atoms with E-state index < -0.39 is 0 Å². The Kier molecular flexibility index (Phi) is 4.74. The van der Waals surface area contributed by atoms with Crippen LogP contribution in [0.4, 0.5) is 4.39 Å². The summed E-state index contributed by atoms with van der Waals surface area (Å²) in [5.41, 5.74) is 2.21. The van der Waals surface area contributed by atoms with Crippen LogP contribution in [0.5, 0.6) is 0 Å². The van der Waals surface area contributed by atoms with Crippen molar-refractivity contribution >= 4 is 17.5 Å². The number of benzene rings is 2. The van der Waals surface area contributed by atoms with Gasteiger partial charge >= 0.3 is 0 Å². The number of carbonyl (C=O) groups is 1. The van der Waals surface area contributed by atoms with Crippen LogP contribution in [0.1, 0.15) is 11.1 Å². The minimum absolute atomic E-state index is 0.180. The Morgan fingerprint density at radius 2 is 1.89 bits per heavy atom. The van der Waals surface area contributed by atoms with Gasteiger partial charge in [0.2, 0.25) is 0 Å². The third-order valence-corrected chi connectivity index (χ3v) is 3.77. The molecule has 98 valence electrons. The molecule has 0 aliphatic carbocycles. The molecule has 2 rings (SSSR count). The summed E-state index contributed by atoms with van der Waals surface area (Å²) in [5.74, 6) is 0.343. The van der Waals surface area contributed by atoms with E-state index in [0.29, 0.717) is 12.2 Å². The summed E-state index contributed by atoms with van der Waals surface area (Å²) in [7, 11) is 0. The lowest BCUT2D eigenvalue weighted by Crippen LogP contribution is -2.05. The van der Waals surface area contributed by atoms with Gasteiger partial charge in [0.1, 0.15) is 11.6 Å². The number of thioether (sulfide) groups is 1. The smallest absolute Gasteiger partial charge is 0.147 e. The number of halogens is 1. The highest BCUT2D eigenvalue weighted by Gasteiger charge is 2.05. The van der Waals surface area contributed by atoms with Crippen molar-refractivity contribution in [1.29, 1.82) is 0 Å². The van der Waals surface area contributed by atoms with Crippen molar-refractivity contribution in [3.05, 3.63) is 65.5 Å². The molecule has 2 aromatic rings. The third-order valence-electron chi connectivity index (χ3n) is 2.70. The van der Waals surface area contributed by atoms with Crippen LogP contribution in [0, 0.1) is 12.7 Å². The number of carbonyl (C=O) groups excluding carboxylic acids is 1. The molecule has 0 aliphatic heterocycles. The van der Waals surface area contributed by atoms with Crippen molar-refractivity contribution in [1.82, 2.24) is 0 Å². The minimum atomic E-state index is -0.254. The molecule has 0 unspecified atom stereocenters. The minimum Gasteiger partial charge on any atom is -0.298 e. The van der Waals surface area contributed by atoms with Gasteiger partial charge in [-0.05, 0) is 36.8 Å². The van der Waals surface area contributed by atoms with Crippen molar-refractivity contribution in [3.8, 4) is 0 Å². The highest BCUT2D eigenvalue weighted by Crippen LogP contribution is 2.18. The second kappa shape index (κ2) is 6.53. The second-order valence-electron chi connectivity index (χ2n) is 4.45. The molecule has 3 heteroatoms. The monoisotopic (exact) mass is 274 g/mol. The normalized spacial score (nSPS) is 10.4. The Morgan fingerprint density at radius 1 is 1.16 bits per heavy atom. The summed E-state index contributed by atoms with van der Waals surface area (Å²) < 4.78 is 12.7. The zero-order valence-corrected chi connectivity index (χ0v) is 11.5. The maximum absolute atomic E-state index is 12.7. The van der Waals surface area contributed by atoms with E-state index in [1.54, 1.807) is 12.1 Å². The van der Waals surface area contributed by atoms with Crippen molar-refractivity contribution in [2.75, 3.05) is 5.75 Å². The van der Waals surface area contributed by atoms with Crippen LogP contribution in [0.25, 0.3) is 0 Å². The van der Waals surface area contributed by atoms with Crippen LogP contribution in [-0.2, 0) is 11.2 Å². The van der Waals surface area contributed by atoms with Gasteiger partial charge in [0, 0.05) is 11.3 Å². The lowest BCUT2D eigenvalue weighted by molar-refractivity contribution is -0.116. The zero-order chi connectivity index (χ0) is 13.7. The molecule has 0 bridgehead atoms. The van der Waals surface area contributed by atoms with E-state index in [4.69, 9.17) is 0 Å². The van der Waals surface area contributed by atoms with E-state index in [1.807, 2.05) is 31.2 Å². The number of hydrogen-bond donors (Lipinski definition) is 0. The Labute approximate surface area is 116 Å². The number of rotatable bonds is 5. The maximum atomic E-state index is 12.7. The van der Waals surface area contributed by atoms with E-state index in [2.05, 4.69) is 0 Å². The van der Waals surface area contributed by atoms with Crippen molar-refractivity contribution in [2.45, 2.75) is 18.2 Å². The molecule has 0 aliphatic rings. The van der Waals surface area contributed by atoms with Gasteiger partial charge in [-0.25, -0.2) is 4.39 Å². The molecule has 0 amide bonds. The largest absolute Gasteiger partial charge is 0.298 e. The summed E-state index contributed by atoms with van der Waals surface area (Å²) in [5, 5.41) is 0. The van der Waals surface area contributed by atoms with Gasteiger partial charge in [-0.15, -0.1) is 11.8 Å². The van der Waals surface area contributed by atoms with Crippen molar-refractivity contribution in [3.63, 3.8) is 0 Å². The van der Waals surface area contributed by atoms with E-state index in [1.165, 1.54) is 23.9 Å². The van der Waals surface area contributed by atoms with Gasteiger partial charge in [-0.3, -0.25) is 4.79 Å². The van der Waals surface area contributed by atoms with Crippen LogP contribution in [0.2, 0.25) is 0 Å². The predicted molar refractivity (Wildman–Crippen MR) is 77.0 cm³/mol. The van der Waals surface area contributed by atoms with Crippen LogP contribution in [0.15, 0.2) is 53.4 Å². The Bertz CT molecular complexity index is 563. The summed E-state index contributed by atoms with van der Waals surface area (Å²) in [6, 6.07) is 14.2. The molecule has 2 aromatic carbocycles. The lowest BCUT2D eigenvalue weighted by Gasteiger charge is -2.03. The first-order valence-electron chi connectivity index (χ1n) is 6.09. The van der Waals surface area contributed by atoms with Gasteiger partial charge in [0.25, 0.3) is 0 Å². The number of Topliss-reactive ketones (excluding diaryl/α,β-unsaturated/α-hetero) is 1. The molecule has 0 heterocycles. The van der Waals surface area contributed by atoms with Gasteiger partial charge in [-0.1, -0.05) is 29.8 Å². The van der Waals surface area contributed by atoms with Crippen LogP contribution in [-0.4, -0.2) is 11.5 Å². The molecule has 0 spiro atoms. The second-order valence-corrected chi connectivity index (χ2v) is 5.50. The Morgan fingerprint density at radius 3 is 2.58 bits per heavy atom. The van der Waals surface area contributed by atoms with Crippen LogP contribution in [0.3, 0.4) is 0 Å². The fraction of sp³-hybridized carbons (Fsp3) is 0.188. The van der Waals surface area contributed by atoms with Gasteiger partial charge in [-0.2, -0.15) is 0 Å². The van der Waals surface area contributed by atoms with E-state index in [9.17, 15) is 9.18 Å². The molecule has 1 nitrogen and oxygen atoms in total. The van der Waals surface area contributed by atoms with E-state index >= 15 is 0 Å². The van der Waals surface area contributed by atoms with Crippen LogP contribution < -0.4 is 0 Å². The summed E-state index contributed by atoms with van der Waals surface area (Å²) in [6.07, 6.45) is 0.454. The first-order valence-corrected chi connectivity index (χ1v) is 7.07. The first-order chi connectivity index (χ1) is 9.13. The SMILES string of the molecule is Cc1cccc(CC(=O)CSc2ccc(F)cc2)c1. The maximum Gasteiger partial charge on any atom is 0.147 e. The molecule has 0 aromatic heterocycles. The Balaban J connectivity index is 1.86. The summed E-state index contributed by atoms with van der Waals surface area (Å²) in [4.78, 5) is 12.8. The highest BCUT2D eigenvalue weighted by atomic mass is 32.2. The summed E-state index contributed by atoms with van der Waals surface area (Å²) >= 11 is 1.44. The standard InChI is InChI=1S/C16H15FOS/c1-12-3-2-4-13(9-12)10-15(18)11-19-16-7-5-14(17)6-8-16/h2-9H,10-11H2,1H3. The van der Waals surface area contributed by atoms with Gasteiger partial charge in [0.15, 0.2) is 0 Å². The average Bonchev–Trinajstić information content (AvgIpc) is 2.38. The molecular formula is C16H15FOS. The van der Waals surface area contributed by atoms with Crippen LogP contribution >= 0.6 is 11.8 Å². The fourth-order valence-corrected chi connectivity index (χ4v) is 2.55. The third kappa shape index (κ3) is 4.52. The molecule has 0 atom stereocenters. The van der Waals surface area contributed by atoms with Crippen molar-refractivity contribution in [2.24, 2.45) is 0 Å². The Hall–Kier alpha value is -1.61. The molecule has 19 heavy (non-hydrogen) atoms. The fourth-order valence-electron chi connectivity index (χ4n) is 1.80. The average molecular weight is 274 g/mol. The molecule has 0 saturated carbocycles. The first kappa shape index (κ1) is 13.8. The number of hydrogen-bond acceptors (Lipinski definition) is 2. The molecule has 0 N–H and O–H groups in total. The van der Waals surface area contributed by atoms with E-state index in [-0.39, 0.29) is 11.6 Å². The quantitative estimate of drug-likeness (QED) is 0.765. The van der Waals surface area contributed by atoms with E-state index in [0.717, 1.165) is 16.0 Å².